The molecule has 47 heavy (non-hydrogen) atoms. The minimum atomic E-state index is -3.94. The number of fused-ring (bicyclic) bond motifs is 3. The van der Waals surface area contributed by atoms with Crippen molar-refractivity contribution in [3.63, 3.8) is 0 Å². The van der Waals surface area contributed by atoms with Crippen molar-refractivity contribution in [2.24, 2.45) is 0 Å². The molecule has 0 spiro atoms. The molecule has 0 amide bonds. The molecule has 1 unspecified atom stereocenters. The van der Waals surface area contributed by atoms with Crippen LogP contribution in [-0.2, 0) is 23.4 Å². The van der Waals surface area contributed by atoms with Crippen LogP contribution in [0, 0.1) is 0 Å². The first-order valence-corrected chi connectivity index (χ1v) is 16.9. The van der Waals surface area contributed by atoms with Crippen LogP contribution in [0.25, 0.3) is 21.8 Å². The van der Waals surface area contributed by atoms with Gasteiger partial charge in [-0.3, -0.25) is 4.72 Å². The van der Waals surface area contributed by atoms with Crippen molar-refractivity contribution < 1.29 is 23.0 Å². The van der Waals surface area contributed by atoms with E-state index < -0.39 is 16.3 Å². The van der Waals surface area contributed by atoms with Gasteiger partial charge in [0.25, 0.3) is 0 Å². The average Bonchev–Trinajstić information content (AvgIpc) is 3.46. The molecule has 242 valence electrons. The lowest BCUT2D eigenvalue weighted by atomic mass is 10.1. The van der Waals surface area contributed by atoms with Crippen molar-refractivity contribution in [2.45, 2.75) is 19.3 Å². The van der Waals surface area contributed by atoms with Gasteiger partial charge < -0.3 is 24.9 Å². The summed E-state index contributed by atoms with van der Waals surface area (Å²) >= 11 is 0. The highest BCUT2D eigenvalue weighted by Crippen LogP contribution is 2.31. The summed E-state index contributed by atoms with van der Waals surface area (Å²) in [5.74, 6) is 1.11. The van der Waals surface area contributed by atoms with E-state index in [1.807, 2.05) is 84.9 Å². The van der Waals surface area contributed by atoms with Crippen LogP contribution in [0.4, 0.5) is 5.69 Å². The number of benzene rings is 5. The number of nitrogens with one attached hydrogen (secondary N) is 3. The number of aromatic nitrogens is 1. The van der Waals surface area contributed by atoms with Crippen molar-refractivity contribution in [1.82, 2.24) is 14.6 Å². The molecule has 5 aromatic carbocycles. The Labute approximate surface area is 275 Å². The number of hydrogen-bond donors (Lipinski definition) is 4. The molecular weight excluding hydrogens is 612 g/mol. The summed E-state index contributed by atoms with van der Waals surface area (Å²) in [5, 5.41) is 16.6. The number of rotatable bonds is 15. The number of para-hydroxylation sites is 1. The van der Waals surface area contributed by atoms with Crippen LogP contribution in [0.2, 0.25) is 0 Å². The maximum Gasteiger partial charge on any atom is 0.301 e. The Balaban J connectivity index is 1.08. The zero-order valence-electron chi connectivity index (χ0n) is 26.1. The average molecular weight is 651 g/mol. The molecule has 0 aliphatic heterocycles. The van der Waals surface area contributed by atoms with E-state index in [0.29, 0.717) is 24.5 Å². The van der Waals surface area contributed by atoms with Gasteiger partial charge in [-0.1, -0.05) is 84.9 Å². The minimum Gasteiger partial charge on any atom is -0.492 e. The quantitative estimate of drug-likeness (QED) is 0.0958. The monoisotopic (exact) mass is 650 g/mol. The molecule has 6 rings (SSSR count). The second-order valence-electron chi connectivity index (χ2n) is 11.3. The van der Waals surface area contributed by atoms with Gasteiger partial charge in [-0.2, -0.15) is 12.7 Å². The lowest BCUT2D eigenvalue weighted by molar-refractivity contribution is 0.172. The predicted molar refractivity (Wildman–Crippen MR) is 187 cm³/mol. The Kier molecular flexibility index (Phi) is 10.0. The molecule has 1 heterocycles. The number of aromatic amines is 1. The molecule has 1 aromatic heterocycles. The zero-order valence-corrected chi connectivity index (χ0v) is 26.9. The van der Waals surface area contributed by atoms with Crippen LogP contribution in [0.1, 0.15) is 22.8 Å². The van der Waals surface area contributed by atoms with Crippen molar-refractivity contribution in [2.75, 3.05) is 31.5 Å². The maximum atomic E-state index is 13.4. The van der Waals surface area contributed by atoms with Gasteiger partial charge in [-0.25, -0.2) is 0 Å². The van der Waals surface area contributed by atoms with Crippen molar-refractivity contribution in [1.29, 1.82) is 0 Å². The SMILES string of the molecule is CN(Cc1ccccc1)S(=O)(=O)Nc1cc(C(O)CNCCOc2ccc3c(c2)[nH]c2ccccc23)ccc1OCc1ccccc1. The van der Waals surface area contributed by atoms with Gasteiger partial charge in [-0.15, -0.1) is 0 Å². The lowest BCUT2D eigenvalue weighted by Crippen LogP contribution is -2.32. The van der Waals surface area contributed by atoms with Crippen molar-refractivity contribution in [3.05, 3.63) is 138 Å². The summed E-state index contributed by atoms with van der Waals surface area (Å²) in [5.41, 5.74) is 4.69. The van der Waals surface area contributed by atoms with Crippen LogP contribution in [-0.4, -0.2) is 49.6 Å². The van der Waals surface area contributed by atoms with E-state index in [0.717, 1.165) is 33.3 Å². The molecule has 0 saturated carbocycles. The van der Waals surface area contributed by atoms with E-state index in [9.17, 15) is 13.5 Å². The molecule has 0 aliphatic rings. The molecule has 4 N–H and O–H groups in total. The Bertz CT molecular complexity index is 2030. The predicted octanol–water partition coefficient (Wildman–Crippen LogP) is 6.39. The van der Waals surface area contributed by atoms with E-state index in [1.165, 1.54) is 16.7 Å². The van der Waals surface area contributed by atoms with Gasteiger partial charge in [-0.05, 0) is 47.0 Å². The molecule has 0 radical (unpaired) electrons. The maximum absolute atomic E-state index is 13.4. The first-order valence-electron chi connectivity index (χ1n) is 15.5. The molecule has 0 aliphatic carbocycles. The number of H-pyrrole nitrogens is 1. The van der Waals surface area contributed by atoms with Gasteiger partial charge in [0.05, 0.1) is 17.3 Å². The Morgan fingerprint density at radius 1 is 0.787 bits per heavy atom. The van der Waals surface area contributed by atoms with Gasteiger partial charge in [0.1, 0.15) is 24.7 Å². The van der Waals surface area contributed by atoms with Crippen molar-refractivity contribution in [3.8, 4) is 11.5 Å². The first-order chi connectivity index (χ1) is 22.9. The second kappa shape index (κ2) is 14.7. The second-order valence-corrected chi connectivity index (χ2v) is 13.1. The third-order valence-electron chi connectivity index (χ3n) is 7.89. The fourth-order valence-electron chi connectivity index (χ4n) is 5.36. The molecule has 0 fully saturated rings. The van der Waals surface area contributed by atoms with Crippen LogP contribution < -0.4 is 19.5 Å². The molecule has 1 atom stereocenters. The van der Waals surface area contributed by atoms with Crippen LogP contribution >= 0.6 is 0 Å². The Hall–Kier alpha value is -4.87. The smallest absolute Gasteiger partial charge is 0.301 e. The van der Waals surface area contributed by atoms with E-state index in [2.05, 4.69) is 33.2 Å². The summed E-state index contributed by atoms with van der Waals surface area (Å²) in [6.45, 7) is 1.61. The number of nitrogens with zero attached hydrogens (tertiary/aromatic N) is 1. The third kappa shape index (κ3) is 8.11. The standard InChI is InChI=1S/C37H38N4O5S/c1-41(25-27-10-4-2-5-11-27)47(43,44)40-35-22-29(16-19-37(35)46-26-28-12-6-3-7-13-28)36(42)24-38-20-21-45-30-17-18-32-31-14-8-9-15-33(31)39-34(32)23-30/h2-19,22-23,36,38-40,42H,20-21,24-26H2,1H3. The van der Waals surface area contributed by atoms with Crippen LogP contribution in [0.15, 0.2) is 121 Å². The minimum absolute atomic E-state index is 0.195. The van der Waals surface area contributed by atoms with Gasteiger partial charge >= 0.3 is 10.2 Å². The summed E-state index contributed by atoms with van der Waals surface area (Å²) < 4.78 is 42.6. The van der Waals surface area contributed by atoms with Crippen LogP contribution in [0.3, 0.4) is 0 Å². The Morgan fingerprint density at radius 3 is 2.28 bits per heavy atom. The molecular formula is C37H38N4O5S. The highest BCUT2D eigenvalue weighted by molar-refractivity contribution is 7.90. The van der Waals surface area contributed by atoms with Crippen LogP contribution in [0.5, 0.6) is 11.5 Å². The molecule has 9 nitrogen and oxygen atoms in total. The van der Waals surface area contributed by atoms with E-state index in [1.54, 1.807) is 18.2 Å². The molecule has 0 bridgehead atoms. The van der Waals surface area contributed by atoms with Gasteiger partial charge in [0, 0.05) is 49.0 Å². The normalized spacial score (nSPS) is 12.4. The molecule has 0 saturated heterocycles. The summed E-state index contributed by atoms with van der Waals surface area (Å²) in [7, 11) is -2.43. The highest BCUT2D eigenvalue weighted by Gasteiger charge is 2.21. The van der Waals surface area contributed by atoms with Gasteiger partial charge in [0.2, 0.25) is 0 Å². The summed E-state index contributed by atoms with van der Waals surface area (Å²) in [4.78, 5) is 3.43. The number of aliphatic hydroxyl groups excluding tert-OH is 1. The lowest BCUT2D eigenvalue weighted by Gasteiger charge is -2.21. The summed E-state index contributed by atoms with van der Waals surface area (Å²) in [6.07, 6.45) is -0.897. The number of ether oxygens (including phenoxy) is 2. The van der Waals surface area contributed by atoms with E-state index >= 15 is 0 Å². The zero-order chi connectivity index (χ0) is 32.6. The Morgan fingerprint density at radius 2 is 1.49 bits per heavy atom. The van der Waals surface area contributed by atoms with Crippen molar-refractivity contribution >= 4 is 37.7 Å². The topological polar surface area (TPSA) is 116 Å². The molecule has 6 aromatic rings. The first kappa shape index (κ1) is 32.1. The fourth-order valence-corrected chi connectivity index (χ4v) is 6.27. The largest absolute Gasteiger partial charge is 0.492 e. The van der Waals surface area contributed by atoms with E-state index in [4.69, 9.17) is 9.47 Å². The van der Waals surface area contributed by atoms with E-state index in [-0.39, 0.29) is 25.4 Å². The summed E-state index contributed by atoms with van der Waals surface area (Å²) in [6, 6.07) is 38.2. The molecule has 10 heteroatoms. The number of anilines is 1. The fraction of sp³-hybridized carbons (Fsp3) is 0.189. The highest BCUT2D eigenvalue weighted by atomic mass is 32.2. The van der Waals surface area contributed by atoms with Gasteiger partial charge in [0.15, 0.2) is 0 Å². The third-order valence-corrected chi connectivity index (χ3v) is 9.31. The number of hydrogen-bond acceptors (Lipinski definition) is 6. The number of aliphatic hydroxyl groups is 1.